The molecule has 0 spiro atoms. The standard InChI is InChI=1S/C29H31N3O.H2/c1-4-21-17-19-23(20-18-21)26-27(29(33)30-25(5-2)22-13-9-7-10-14-22)32(6-3)28(31-26)24-15-11-8-12-16-24;/h7-20,25H,4-6H2,1-3H3,(H,30,33);1H/t25-;/m0./s1. The number of aryl methyl sites for hydroxylation is 1. The van der Waals surface area contributed by atoms with E-state index in [1.54, 1.807) is 0 Å². The number of benzene rings is 3. The third-order valence-electron chi connectivity index (χ3n) is 6.08. The van der Waals surface area contributed by atoms with Crippen molar-refractivity contribution in [3.05, 3.63) is 102 Å². The minimum Gasteiger partial charge on any atom is -0.344 e. The van der Waals surface area contributed by atoms with Crippen LogP contribution in [0.3, 0.4) is 0 Å². The molecule has 0 radical (unpaired) electrons. The van der Waals surface area contributed by atoms with E-state index in [2.05, 4.69) is 62.5 Å². The summed E-state index contributed by atoms with van der Waals surface area (Å²) in [5.41, 5.74) is 5.65. The molecule has 1 amide bonds. The predicted octanol–water partition coefficient (Wildman–Crippen LogP) is 6.93. The van der Waals surface area contributed by atoms with Crippen LogP contribution in [0, 0.1) is 0 Å². The molecule has 0 aliphatic rings. The van der Waals surface area contributed by atoms with Gasteiger partial charge in [0.1, 0.15) is 17.2 Å². The second-order valence-electron chi connectivity index (χ2n) is 8.14. The fraction of sp³-hybridized carbons (Fsp3) is 0.241. The fourth-order valence-corrected chi connectivity index (χ4v) is 4.23. The summed E-state index contributed by atoms with van der Waals surface area (Å²) < 4.78 is 2.03. The van der Waals surface area contributed by atoms with Crippen LogP contribution < -0.4 is 5.32 Å². The van der Waals surface area contributed by atoms with E-state index in [0.29, 0.717) is 12.2 Å². The van der Waals surface area contributed by atoms with Crippen LogP contribution in [0.1, 0.15) is 56.3 Å². The van der Waals surface area contributed by atoms with E-state index < -0.39 is 0 Å². The SMILES string of the molecule is CCc1ccc(-c2nc(-c3ccccc3)n(CC)c2C(=O)N[C@@H](CC)c2ccccc2)cc1.[HH]. The van der Waals surface area contributed by atoms with Gasteiger partial charge in [0.15, 0.2) is 0 Å². The van der Waals surface area contributed by atoms with Gasteiger partial charge in [0.2, 0.25) is 0 Å². The summed E-state index contributed by atoms with van der Waals surface area (Å²) in [6.07, 6.45) is 1.78. The molecule has 0 aliphatic heterocycles. The minimum atomic E-state index is -0.100. The maximum Gasteiger partial charge on any atom is 0.270 e. The zero-order valence-electron chi connectivity index (χ0n) is 19.6. The molecule has 0 aliphatic carbocycles. The topological polar surface area (TPSA) is 46.9 Å². The Morgan fingerprint density at radius 3 is 2.09 bits per heavy atom. The van der Waals surface area contributed by atoms with Crippen molar-refractivity contribution >= 4 is 5.91 Å². The third-order valence-corrected chi connectivity index (χ3v) is 6.08. The average molecular weight is 440 g/mol. The summed E-state index contributed by atoms with van der Waals surface area (Å²) in [7, 11) is 0. The van der Waals surface area contributed by atoms with Crippen molar-refractivity contribution in [1.29, 1.82) is 0 Å². The highest BCUT2D eigenvalue weighted by atomic mass is 16.2. The predicted molar refractivity (Wildman–Crippen MR) is 137 cm³/mol. The lowest BCUT2D eigenvalue weighted by atomic mass is 10.0. The van der Waals surface area contributed by atoms with Gasteiger partial charge in [0, 0.05) is 19.1 Å². The van der Waals surface area contributed by atoms with Crippen LogP contribution in [0.2, 0.25) is 0 Å². The molecular weight excluding hydrogens is 406 g/mol. The zero-order chi connectivity index (χ0) is 23.2. The number of hydrogen-bond donors (Lipinski definition) is 1. The van der Waals surface area contributed by atoms with Gasteiger partial charge in [-0.15, -0.1) is 0 Å². The molecule has 1 heterocycles. The molecule has 4 aromatic rings. The van der Waals surface area contributed by atoms with Gasteiger partial charge >= 0.3 is 0 Å². The molecule has 1 N–H and O–H groups in total. The summed E-state index contributed by atoms with van der Waals surface area (Å²) in [6, 6.07) is 28.5. The van der Waals surface area contributed by atoms with Gasteiger partial charge in [-0.25, -0.2) is 4.98 Å². The van der Waals surface area contributed by atoms with E-state index >= 15 is 0 Å². The first-order chi connectivity index (χ1) is 16.2. The van der Waals surface area contributed by atoms with Crippen molar-refractivity contribution in [3.63, 3.8) is 0 Å². The van der Waals surface area contributed by atoms with Crippen LogP contribution in [0.4, 0.5) is 0 Å². The van der Waals surface area contributed by atoms with Crippen LogP contribution in [0.25, 0.3) is 22.6 Å². The van der Waals surface area contributed by atoms with Gasteiger partial charge in [0.05, 0.1) is 6.04 Å². The zero-order valence-corrected chi connectivity index (χ0v) is 19.6. The molecule has 4 heteroatoms. The number of nitrogens with one attached hydrogen (secondary N) is 1. The largest absolute Gasteiger partial charge is 0.344 e. The molecule has 0 bridgehead atoms. The summed E-state index contributed by atoms with van der Waals surface area (Å²) in [6.45, 7) is 6.94. The molecule has 1 atom stereocenters. The molecule has 4 rings (SSSR count). The first-order valence-corrected chi connectivity index (χ1v) is 11.8. The van der Waals surface area contributed by atoms with Crippen molar-refractivity contribution in [2.45, 2.75) is 46.2 Å². The Bertz CT molecular complexity index is 1200. The smallest absolute Gasteiger partial charge is 0.270 e. The highest BCUT2D eigenvalue weighted by molar-refractivity contribution is 5.99. The molecule has 0 saturated carbocycles. The molecule has 33 heavy (non-hydrogen) atoms. The maximum atomic E-state index is 13.8. The third kappa shape index (κ3) is 4.75. The molecule has 0 saturated heterocycles. The van der Waals surface area contributed by atoms with Crippen molar-refractivity contribution in [2.75, 3.05) is 0 Å². The average Bonchev–Trinajstić information content (AvgIpc) is 3.28. The number of amides is 1. The lowest BCUT2D eigenvalue weighted by Crippen LogP contribution is -2.30. The van der Waals surface area contributed by atoms with Crippen LogP contribution in [0.5, 0.6) is 0 Å². The normalized spacial score (nSPS) is 11.8. The first kappa shape index (κ1) is 22.5. The highest BCUT2D eigenvalue weighted by Gasteiger charge is 2.26. The van der Waals surface area contributed by atoms with Gasteiger partial charge in [-0.1, -0.05) is 98.8 Å². The monoisotopic (exact) mass is 439 g/mol. The Hall–Kier alpha value is -3.66. The molecule has 1 aromatic heterocycles. The second-order valence-corrected chi connectivity index (χ2v) is 8.14. The van der Waals surface area contributed by atoms with Gasteiger partial charge in [-0.05, 0) is 30.9 Å². The van der Waals surface area contributed by atoms with Gasteiger partial charge in [-0.2, -0.15) is 0 Å². The lowest BCUT2D eigenvalue weighted by Gasteiger charge is -2.19. The van der Waals surface area contributed by atoms with E-state index in [1.165, 1.54) is 5.56 Å². The molecule has 4 nitrogen and oxygen atoms in total. The number of nitrogens with zero attached hydrogens (tertiary/aromatic N) is 2. The van der Waals surface area contributed by atoms with Crippen LogP contribution >= 0.6 is 0 Å². The Balaban J connectivity index is 0.00000324. The van der Waals surface area contributed by atoms with E-state index in [0.717, 1.165) is 41.1 Å². The Labute approximate surface area is 197 Å². The van der Waals surface area contributed by atoms with E-state index in [9.17, 15) is 4.79 Å². The molecule has 3 aromatic carbocycles. The van der Waals surface area contributed by atoms with Gasteiger partial charge < -0.3 is 9.88 Å². The number of aromatic nitrogens is 2. The summed E-state index contributed by atoms with van der Waals surface area (Å²) in [5, 5.41) is 3.27. The van der Waals surface area contributed by atoms with Gasteiger partial charge in [0.25, 0.3) is 5.91 Å². The summed E-state index contributed by atoms with van der Waals surface area (Å²) in [5.74, 6) is 0.711. The van der Waals surface area contributed by atoms with Crippen molar-refractivity contribution in [1.82, 2.24) is 14.9 Å². The van der Waals surface area contributed by atoms with E-state index in [-0.39, 0.29) is 13.4 Å². The number of rotatable bonds is 8. The van der Waals surface area contributed by atoms with Crippen molar-refractivity contribution in [2.24, 2.45) is 0 Å². The Morgan fingerprint density at radius 2 is 1.52 bits per heavy atom. The van der Waals surface area contributed by atoms with E-state index in [1.807, 2.05) is 53.1 Å². The van der Waals surface area contributed by atoms with Crippen LogP contribution in [-0.2, 0) is 13.0 Å². The van der Waals surface area contributed by atoms with Crippen molar-refractivity contribution < 1.29 is 6.22 Å². The summed E-state index contributed by atoms with van der Waals surface area (Å²) in [4.78, 5) is 18.8. The molecule has 0 fully saturated rings. The lowest BCUT2D eigenvalue weighted by molar-refractivity contribution is 0.0927. The van der Waals surface area contributed by atoms with Crippen LogP contribution in [0.15, 0.2) is 84.9 Å². The molecule has 0 unspecified atom stereocenters. The first-order valence-electron chi connectivity index (χ1n) is 11.8. The second kappa shape index (κ2) is 10.3. The number of imidazole rings is 1. The highest BCUT2D eigenvalue weighted by Crippen LogP contribution is 2.30. The summed E-state index contributed by atoms with van der Waals surface area (Å²) >= 11 is 0. The Morgan fingerprint density at radius 1 is 0.879 bits per heavy atom. The van der Waals surface area contributed by atoms with Crippen molar-refractivity contribution in [3.8, 4) is 22.6 Å². The Kier molecular flexibility index (Phi) is 7.04. The molecular formula is C29H33N3O. The number of carbonyl (C=O) groups is 1. The van der Waals surface area contributed by atoms with Gasteiger partial charge in [-0.3, -0.25) is 4.79 Å². The number of hydrogen-bond acceptors (Lipinski definition) is 2. The molecule has 170 valence electrons. The fourth-order valence-electron chi connectivity index (χ4n) is 4.23. The van der Waals surface area contributed by atoms with Crippen LogP contribution in [-0.4, -0.2) is 15.5 Å². The minimum absolute atomic E-state index is 0. The quantitative estimate of drug-likeness (QED) is 0.324. The maximum absolute atomic E-state index is 13.8. The van der Waals surface area contributed by atoms with E-state index in [4.69, 9.17) is 4.98 Å². The number of carbonyl (C=O) groups excluding carboxylic acids is 1.